The van der Waals surface area contributed by atoms with Crippen LogP contribution < -0.4 is 5.32 Å². The van der Waals surface area contributed by atoms with Crippen LogP contribution in [0.1, 0.15) is 56.8 Å². The summed E-state index contributed by atoms with van der Waals surface area (Å²) in [6, 6.07) is 7.48. The maximum atomic E-state index is 13.0. The van der Waals surface area contributed by atoms with Crippen molar-refractivity contribution in [2.45, 2.75) is 59.0 Å². The van der Waals surface area contributed by atoms with Gasteiger partial charge in [-0.1, -0.05) is 38.0 Å². The molecule has 29 heavy (non-hydrogen) atoms. The molecule has 1 aliphatic rings. The lowest BCUT2D eigenvalue weighted by Crippen LogP contribution is -2.44. The molecule has 1 fully saturated rings. The maximum Gasteiger partial charge on any atom is 0.292 e. The maximum absolute atomic E-state index is 13.0. The minimum Gasteiger partial charge on any atom is -0.346 e. The molecule has 1 N–H and O–H groups in total. The third-order valence-corrected chi connectivity index (χ3v) is 6.09. The Balaban J connectivity index is 1.84. The summed E-state index contributed by atoms with van der Waals surface area (Å²) < 4.78 is 1.78. The van der Waals surface area contributed by atoms with E-state index in [2.05, 4.69) is 12.2 Å². The van der Waals surface area contributed by atoms with Gasteiger partial charge in [-0.15, -0.1) is 0 Å². The Morgan fingerprint density at radius 3 is 2.48 bits per heavy atom. The monoisotopic (exact) mass is 397 g/mol. The minimum atomic E-state index is -0.554. The number of ketones is 1. The molecule has 1 heterocycles. The van der Waals surface area contributed by atoms with E-state index in [4.69, 9.17) is 0 Å². The van der Waals surface area contributed by atoms with Crippen LogP contribution in [-0.2, 0) is 16.1 Å². The zero-order valence-electron chi connectivity index (χ0n) is 17.6. The molecule has 0 aliphatic heterocycles. The van der Waals surface area contributed by atoms with Crippen LogP contribution in [0.25, 0.3) is 10.9 Å². The number of aromatic nitrogens is 1. The Labute approximate surface area is 172 Å². The first kappa shape index (κ1) is 21.1. The molecule has 2 aromatic rings. The number of nitrogens with zero attached hydrogens (tertiary/aromatic N) is 2. The first-order chi connectivity index (χ1) is 14.0. The number of hydrogen-bond donors (Lipinski definition) is 1. The van der Waals surface area contributed by atoms with Crippen LogP contribution in [0.4, 0.5) is 0 Å². The van der Waals surface area contributed by atoms with E-state index in [0.29, 0.717) is 30.0 Å². The summed E-state index contributed by atoms with van der Waals surface area (Å²) in [6.45, 7) is 7.45. The van der Waals surface area contributed by atoms with E-state index in [1.807, 2.05) is 38.1 Å². The third kappa shape index (κ3) is 4.52. The van der Waals surface area contributed by atoms with E-state index in [0.717, 1.165) is 24.8 Å². The average molecular weight is 398 g/mol. The van der Waals surface area contributed by atoms with Crippen LogP contribution in [0.3, 0.4) is 0 Å². The summed E-state index contributed by atoms with van der Waals surface area (Å²) in [7, 11) is 0. The van der Waals surface area contributed by atoms with Crippen LogP contribution in [0.5, 0.6) is 0 Å². The van der Waals surface area contributed by atoms with Crippen LogP contribution in [0, 0.1) is 5.92 Å². The van der Waals surface area contributed by atoms with Crippen LogP contribution >= 0.6 is 0 Å². The van der Waals surface area contributed by atoms with Crippen molar-refractivity contribution in [3.63, 3.8) is 0 Å². The number of amides is 2. The number of benzene rings is 1. The molecular formula is C23H31N3O3. The van der Waals surface area contributed by atoms with Crippen molar-refractivity contribution in [2.24, 2.45) is 5.92 Å². The highest BCUT2D eigenvalue weighted by Gasteiger charge is 2.28. The van der Waals surface area contributed by atoms with Gasteiger partial charge in [0.25, 0.3) is 11.7 Å². The van der Waals surface area contributed by atoms with E-state index in [1.165, 1.54) is 6.42 Å². The molecule has 0 spiro atoms. The summed E-state index contributed by atoms with van der Waals surface area (Å²) in [6.07, 6.45) is 5.90. The molecule has 1 aromatic heterocycles. The van der Waals surface area contributed by atoms with Crippen molar-refractivity contribution in [3.05, 3.63) is 36.0 Å². The van der Waals surface area contributed by atoms with Gasteiger partial charge in [-0.25, -0.2) is 0 Å². The molecule has 6 nitrogen and oxygen atoms in total. The van der Waals surface area contributed by atoms with Crippen molar-refractivity contribution < 1.29 is 14.4 Å². The standard InChI is InChI=1S/C23H31N3O3/c1-4-25(5-2)21(27)15-26-14-18(17-11-7-9-13-20(17)26)22(28)23(29)24-19-12-8-6-10-16(19)3/h7,9,11,13-14,16,19H,4-6,8,10,12,15H2,1-3H3,(H,24,29)/t16-,19-/m0/s1. The van der Waals surface area contributed by atoms with E-state index < -0.39 is 11.7 Å². The van der Waals surface area contributed by atoms with E-state index in [9.17, 15) is 14.4 Å². The lowest BCUT2D eigenvalue weighted by Gasteiger charge is -2.29. The predicted molar refractivity (Wildman–Crippen MR) is 114 cm³/mol. The Bertz CT molecular complexity index is 898. The molecule has 1 aromatic carbocycles. The highest BCUT2D eigenvalue weighted by molar-refractivity contribution is 6.45. The fourth-order valence-electron chi connectivity index (χ4n) is 4.27. The third-order valence-electron chi connectivity index (χ3n) is 6.09. The minimum absolute atomic E-state index is 0.00441. The number of carbonyl (C=O) groups excluding carboxylic acids is 3. The average Bonchev–Trinajstić information content (AvgIpc) is 3.08. The Morgan fingerprint density at radius 1 is 1.10 bits per heavy atom. The van der Waals surface area contributed by atoms with Gasteiger partial charge in [-0.05, 0) is 38.7 Å². The summed E-state index contributed by atoms with van der Waals surface area (Å²) in [5.41, 5.74) is 1.14. The summed E-state index contributed by atoms with van der Waals surface area (Å²) in [5, 5.41) is 3.65. The second-order valence-corrected chi connectivity index (χ2v) is 7.92. The van der Waals surface area contributed by atoms with E-state index >= 15 is 0 Å². The fourth-order valence-corrected chi connectivity index (χ4v) is 4.27. The number of fused-ring (bicyclic) bond motifs is 1. The molecule has 0 unspecified atom stereocenters. The zero-order valence-corrected chi connectivity index (χ0v) is 17.6. The van der Waals surface area contributed by atoms with E-state index in [-0.39, 0.29) is 18.5 Å². The molecule has 0 radical (unpaired) electrons. The Morgan fingerprint density at radius 2 is 1.79 bits per heavy atom. The van der Waals surface area contributed by atoms with Gasteiger partial charge in [-0.2, -0.15) is 0 Å². The van der Waals surface area contributed by atoms with Gasteiger partial charge in [-0.3, -0.25) is 14.4 Å². The van der Waals surface area contributed by atoms with Gasteiger partial charge in [0.1, 0.15) is 6.54 Å². The van der Waals surface area contributed by atoms with Crippen molar-refractivity contribution >= 4 is 28.5 Å². The fraction of sp³-hybridized carbons (Fsp3) is 0.522. The van der Waals surface area contributed by atoms with Crippen molar-refractivity contribution in [2.75, 3.05) is 13.1 Å². The number of rotatable bonds is 7. The molecule has 0 saturated heterocycles. The Kier molecular flexibility index (Phi) is 6.72. The number of carbonyl (C=O) groups is 3. The van der Waals surface area contributed by atoms with Crippen molar-refractivity contribution in [1.29, 1.82) is 0 Å². The van der Waals surface area contributed by atoms with Crippen LogP contribution in [0.2, 0.25) is 0 Å². The molecule has 2 amide bonds. The SMILES string of the molecule is CCN(CC)C(=O)Cn1cc(C(=O)C(=O)N[C@H]2CCCC[C@@H]2C)c2ccccc21. The van der Waals surface area contributed by atoms with Crippen molar-refractivity contribution in [1.82, 2.24) is 14.8 Å². The molecule has 156 valence electrons. The highest BCUT2D eigenvalue weighted by Crippen LogP contribution is 2.25. The summed E-state index contributed by atoms with van der Waals surface area (Å²) >= 11 is 0. The zero-order chi connectivity index (χ0) is 21.0. The second-order valence-electron chi connectivity index (χ2n) is 7.92. The number of para-hydroxylation sites is 1. The number of hydrogen-bond acceptors (Lipinski definition) is 3. The highest BCUT2D eigenvalue weighted by atomic mass is 16.2. The van der Waals surface area contributed by atoms with Gasteiger partial charge in [0.05, 0.1) is 5.56 Å². The second kappa shape index (κ2) is 9.25. The Hall–Kier alpha value is -2.63. The molecule has 1 aliphatic carbocycles. The predicted octanol–water partition coefficient (Wildman–Crippen LogP) is 3.39. The first-order valence-corrected chi connectivity index (χ1v) is 10.7. The first-order valence-electron chi connectivity index (χ1n) is 10.7. The largest absolute Gasteiger partial charge is 0.346 e. The van der Waals surface area contributed by atoms with Gasteiger partial charge < -0.3 is 14.8 Å². The number of likely N-dealkylation sites (N-methyl/N-ethyl adjacent to an activating group) is 1. The van der Waals surface area contributed by atoms with Crippen molar-refractivity contribution in [3.8, 4) is 0 Å². The van der Waals surface area contributed by atoms with Gasteiger partial charge in [0.15, 0.2) is 0 Å². The number of nitrogens with one attached hydrogen (secondary N) is 1. The van der Waals surface area contributed by atoms with Crippen LogP contribution in [0.15, 0.2) is 30.5 Å². The molecule has 2 atom stereocenters. The lowest BCUT2D eigenvalue weighted by atomic mass is 9.86. The molecule has 1 saturated carbocycles. The van der Waals surface area contributed by atoms with Gasteiger partial charge >= 0.3 is 0 Å². The summed E-state index contributed by atoms with van der Waals surface area (Å²) in [4.78, 5) is 40.0. The van der Waals surface area contributed by atoms with Gasteiger partial charge in [0.2, 0.25) is 5.91 Å². The lowest BCUT2D eigenvalue weighted by molar-refractivity contribution is -0.131. The normalized spacial score (nSPS) is 19.1. The molecule has 3 rings (SSSR count). The molecule has 0 bridgehead atoms. The number of Topliss-reactive ketones (excluding diaryl/α,β-unsaturated/α-hetero) is 1. The summed E-state index contributed by atoms with van der Waals surface area (Å²) in [5.74, 6) is -0.710. The smallest absolute Gasteiger partial charge is 0.292 e. The molecular weight excluding hydrogens is 366 g/mol. The van der Waals surface area contributed by atoms with Gasteiger partial charge in [0, 0.05) is 36.2 Å². The molecule has 6 heteroatoms. The van der Waals surface area contributed by atoms with E-state index in [1.54, 1.807) is 15.7 Å². The topological polar surface area (TPSA) is 71.4 Å². The quantitative estimate of drug-likeness (QED) is 0.575. The van der Waals surface area contributed by atoms with Crippen LogP contribution in [-0.4, -0.2) is 46.2 Å².